The maximum atomic E-state index is 11.0. The largest absolute Gasteiger partial charge is 0.481 e. The molecule has 0 aromatic rings. The third-order valence-corrected chi connectivity index (χ3v) is 3.57. The lowest BCUT2D eigenvalue weighted by atomic mass is 9.89. The quantitative estimate of drug-likeness (QED) is 0.778. The van der Waals surface area contributed by atoms with E-state index >= 15 is 0 Å². The van der Waals surface area contributed by atoms with Crippen LogP contribution in [-0.4, -0.2) is 48.3 Å². The second-order valence-electron chi connectivity index (χ2n) is 5.35. The number of rotatable bonds is 5. The number of hydrogen-bond donors (Lipinski definition) is 1. The first-order chi connectivity index (χ1) is 7.34. The Kier molecular flexibility index (Phi) is 4.33. The predicted octanol–water partition coefficient (Wildman–Crippen LogP) is 1.60. The summed E-state index contributed by atoms with van der Waals surface area (Å²) in [5.41, 5.74) is -0.642. The highest BCUT2D eigenvalue weighted by Gasteiger charge is 2.31. The lowest BCUT2D eigenvalue weighted by Gasteiger charge is -2.29. The molecule has 0 bridgehead atoms. The molecule has 1 heterocycles. The van der Waals surface area contributed by atoms with Gasteiger partial charge in [0.15, 0.2) is 0 Å². The zero-order chi connectivity index (χ0) is 12.3. The molecule has 0 saturated carbocycles. The zero-order valence-corrected chi connectivity index (χ0v) is 10.7. The van der Waals surface area contributed by atoms with Gasteiger partial charge in [0.2, 0.25) is 0 Å². The molecule has 1 rings (SSSR count). The number of nitrogens with zero attached hydrogens (tertiary/aromatic N) is 1. The fourth-order valence-corrected chi connectivity index (χ4v) is 2.03. The molecule has 0 aromatic heterocycles. The number of aliphatic carboxylic acids is 1. The highest BCUT2D eigenvalue weighted by Crippen LogP contribution is 2.23. The Bertz CT molecular complexity index is 253. The van der Waals surface area contributed by atoms with Crippen LogP contribution in [0, 0.1) is 5.41 Å². The Hall–Kier alpha value is -0.610. The predicted molar refractivity (Wildman–Crippen MR) is 62.5 cm³/mol. The summed E-state index contributed by atoms with van der Waals surface area (Å²) in [6, 6.07) is 0.435. The molecule has 1 aliphatic rings. The van der Waals surface area contributed by atoms with Crippen molar-refractivity contribution < 1.29 is 14.6 Å². The summed E-state index contributed by atoms with van der Waals surface area (Å²) in [6.45, 7) is 7.25. The average Bonchev–Trinajstić information content (AvgIpc) is 2.61. The molecule has 0 amide bonds. The number of carboxylic acid groups (broad SMARTS) is 1. The van der Waals surface area contributed by atoms with E-state index in [0.717, 1.165) is 19.6 Å². The van der Waals surface area contributed by atoms with E-state index < -0.39 is 11.4 Å². The van der Waals surface area contributed by atoms with Crippen LogP contribution in [0.25, 0.3) is 0 Å². The van der Waals surface area contributed by atoms with Crippen molar-refractivity contribution in [3.8, 4) is 0 Å². The maximum Gasteiger partial charge on any atom is 0.309 e. The van der Waals surface area contributed by atoms with Gasteiger partial charge in [-0.2, -0.15) is 0 Å². The number of hydrogen-bond acceptors (Lipinski definition) is 3. The second kappa shape index (κ2) is 5.15. The van der Waals surface area contributed by atoms with Crippen molar-refractivity contribution in [3.63, 3.8) is 0 Å². The molecular weight excluding hydrogens is 206 g/mol. The molecule has 4 heteroatoms. The normalized spacial score (nSPS) is 26.3. The van der Waals surface area contributed by atoms with Gasteiger partial charge in [0.25, 0.3) is 0 Å². The van der Waals surface area contributed by atoms with Crippen molar-refractivity contribution in [2.75, 3.05) is 20.2 Å². The van der Waals surface area contributed by atoms with Crippen molar-refractivity contribution >= 4 is 5.97 Å². The molecule has 16 heavy (non-hydrogen) atoms. The first-order valence-electron chi connectivity index (χ1n) is 5.90. The van der Waals surface area contributed by atoms with Gasteiger partial charge in [0.05, 0.1) is 11.5 Å². The van der Waals surface area contributed by atoms with Crippen LogP contribution < -0.4 is 0 Å². The Morgan fingerprint density at radius 1 is 1.56 bits per heavy atom. The van der Waals surface area contributed by atoms with E-state index in [9.17, 15) is 4.79 Å². The first kappa shape index (κ1) is 13.5. The molecular formula is C12H23NO3. The van der Waals surface area contributed by atoms with Gasteiger partial charge in [-0.15, -0.1) is 0 Å². The Morgan fingerprint density at radius 2 is 2.19 bits per heavy atom. The van der Waals surface area contributed by atoms with Crippen molar-refractivity contribution in [1.29, 1.82) is 0 Å². The van der Waals surface area contributed by atoms with Crippen LogP contribution in [0.3, 0.4) is 0 Å². The minimum Gasteiger partial charge on any atom is -0.481 e. The van der Waals surface area contributed by atoms with E-state index in [0.29, 0.717) is 12.5 Å². The van der Waals surface area contributed by atoms with Crippen LogP contribution in [0.4, 0.5) is 0 Å². The molecule has 0 radical (unpaired) electrons. The molecule has 0 aliphatic carbocycles. The molecule has 0 spiro atoms. The summed E-state index contributed by atoms with van der Waals surface area (Å²) >= 11 is 0. The van der Waals surface area contributed by atoms with Crippen LogP contribution in [0.2, 0.25) is 0 Å². The van der Waals surface area contributed by atoms with Gasteiger partial charge in [-0.3, -0.25) is 4.79 Å². The summed E-state index contributed by atoms with van der Waals surface area (Å²) in [4.78, 5) is 13.2. The fourth-order valence-electron chi connectivity index (χ4n) is 2.03. The molecule has 94 valence electrons. The van der Waals surface area contributed by atoms with Gasteiger partial charge in [-0.25, -0.2) is 0 Å². The molecule has 2 unspecified atom stereocenters. The minimum absolute atomic E-state index is 0.262. The number of carboxylic acids is 1. The third kappa shape index (κ3) is 3.19. The van der Waals surface area contributed by atoms with E-state index in [2.05, 4.69) is 11.8 Å². The summed E-state index contributed by atoms with van der Waals surface area (Å²) in [5, 5.41) is 9.03. The van der Waals surface area contributed by atoms with Crippen LogP contribution in [0.1, 0.15) is 33.6 Å². The minimum atomic E-state index is -0.725. The smallest absolute Gasteiger partial charge is 0.309 e. The van der Waals surface area contributed by atoms with Crippen molar-refractivity contribution in [1.82, 2.24) is 4.90 Å². The van der Waals surface area contributed by atoms with Gasteiger partial charge in [0, 0.05) is 12.6 Å². The highest BCUT2D eigenvalue weighted by atomic mass is 16.5. The Balaban J connectivity index is 2.40. The maximum absolute atomic E-state index is 11.0. The van der Waals surface area contributed by atoms with E-state index in [1.54, 1.807) is 13.8 Å². The average molecular weight is 229 g/mol. The van der Waals surface area contributed by atoms with E-state index in [4.69, 9.17) is 9.84 Å². The molecule has 1 aliphatic heterocycles. The SMILES string of the molecule is CC1OCCC1N(C)CCC(C)(C)C(=O)O. The fraction of sp³-hybridized carbons (Fsp3) is 0.917. The van der Waals surface area contributed by atoms with Gasteiger partial charge in [-0.05, 0) is 47.2 Å². The van der Waals surface area contributed by atoms with Crippen LogP contribution in [-0.2, 0) is 9.53 Å². The number of carbonyl (C=O) groups is 1. The number of likely N-dealkylation sites (N-methyl/N-ethyl adjacent to an activating group) is 1. The summed E-state index contributed by atoms with van der Waals surface area (Å²) in [6.07, 6.45) is 1.98. The summed E-state index contributed by atoms with van der Waals surface area (Å²) < 4.78 is 5.51. The molecule has 1 fully saturated rings. The summed E-state index contributed by atoms with van der Waals surface area (Å²) in [5.74, 6) is -0.725. The zero-order valence-electron chi connectivity index (χ0n) is 10.7. The van der Waals surface area contributed by atoms with Crippen molar-refractivity contribution in [2.45, 2.75) is 45.8 Å². The molecule has 1 N–H and O–H groups in total. The highest BCUT2D eigenvalue weighted by molar-refractivity contribution is 5.73. The van der Waals surface area contributed by atoms with Crippen LogP contribution in [0.15, 0.2) is 0 Å². The van der Waals surface area contributed by atoms with Gasteiger partial charge >= 0.3 is 5.97 Å². The molecule has 4 nitrogen and oxygen atoms in total. The topological polar surface area (TPSA) is 49.8 Å². The number of ether oxygens (including phenoxy) is 1. The standard InChI is InChI=1S/C12H23NO3/c1-9-10(5-8-16-9)13(4)7-6-12(2,3)11(14)15/h9-10H,5-8H2,1-4H3,(H,14,15). The first-order valence-corrected chi connectivity index (χ1v) is 5.90. The van der Waals surface area contributed by atoms with E-state index in [-0.39, 0.29) is 6.10 Å². The molecule has 2 atom stereocenters. The Labute approximate surface area is 97.6 Å². The third-order valence-electron chi connectivity index (χ3n) is 3.57. The molecule has 0 aromatic carbocycles. The van der Waals surface area contributed by atoms with Gasteiger partial charge in [-0.1, -0.05) is 0 Å². The lowest BCUT2D eigenvalue weighted by molar-refractivity contribution is -0.147. The summed E-state index contributed by atoms with van der Waals surface area (Å²) in [7, 11) is 2.05. The van der Waals surface area contributed by atoms with Gasteiger partial charge in [0.1, 0.15) is 0 Å². The van der Waals surface area contributed by atoms with E-state index in [1.807, 2.05) is 7.05 Å². The van der Waals surface area contributed by atoms with Crippen LogP contribution >= 0.6 is 0 Å². The monoisotopic (exact) mass is 229 g/mol. The second-order valence-corrected chi connectivity index (χ2v) is 5.35. The lowest BCUT2D eigenvalue weighted by Crippen LogP contribution is -2.39. The van der Waals surface area contributed by atoms with E-state index in [1.165, 1.54) is 0 Å². The van der Waals surface area contributed by atoms with Crippen molar-refractivity contribution in [3.05, 3.63) is 0 Å². The van der Waals surface area contributed by atoms with Gasteiger partial charge < -0.3 is 14.7 Å². The Morgan fingerprint density at radius 3 is 2.62 bits per heavy atom. The molecule has 1 saturated heterocycles. The van der Waals surface area contributed by atoms with Crippen molar-refractivity contribution in [2.24, 2.45) is 5.41 Å². The van der Waals surface area contributed by atoms with Crippen LogP contribution in [0.5, 0.6) is 0 Å².